The molecule has 10 heteroatoms. The zero-order valence-corrected chi connectivity index (χ0v) is 25.3. The highest BCUT2D eigenvalue weighted by Gasteiger charge is 2.30. The van der Waals surface area contributed by atoms with Crippen molar-refractivity contribution in [2.75, 3.05) is 62.7 Å². The van der Waals surface area contributed by atoms with Gasteiger partial charge in [0.2, 0.25) is 5.91 Å². The van der Waals surface area contributed by atoms with Crippen LogP contribution in [0.5, 0.6) is 5.75 Å². The van der Waals surface area contributed by atoms with Crippen LogP contribution in [0.1, 0.15) is 5.56 Å². The predicted molar refractivity (Wildman–Crippen MR) is 166 cm³/mol. The molecule has 7 nitrogen and oxygen atoms in total. The molecule has 2 aliphatic heterocycles. The fourth-order valence-electron chi connectivity index (χ4n) is 4.80. The van der Waals surface area contributed by atoms with Crippen LogP contribution in [0, 0.1) is 0 Å². The molecule has 2 heterocycles. The number of hydrogen-bond acceptors (Lipinski definition) is 6. The highest BCUT2D eigenvalue weighted by atomic mass is 79.9. The van der Waals surface area contributed by atoms with Gasteiger partial charge in [-0.05, 0) is 70.0 Å². The van der Waals surface area contributed by atoms with E-state index in [-0.39, 0.29) is 18.4 Å². The lowest BCUT2D eigenvalue weighted by Crippen LogP contribution is -2.49. The summed E-state index contributed by atoms with van der Waals surface area (Å²) in [5.74, 6) is 0.346. The first-order valence-electron chi connectivity index (χ1n) is 13.0. The number of ether oxygens (including phenoxy) is 1. The normalized spacial score (nSPS) is 16.7. The number of para-hydroxylation sites is 1. The van der Waals surface area contributed by atoms with Crippen molar-refractivity contribution in [1.82, 2.24) is 10.2 Å². The van der Waals surface area contributed by atoms with E-state index >= 15 is 0 Å². The Bertz CT molecular complexity index is 1430. The Morgan fingerprint density at radius 1 is 1.07 bits per heavy atom. The second-order valence-corrected chi connectivity index (χ2v) is 11.9. The number of thioether (sulfide) groups is 1. The summed E-state index contributed by atoms with van der Waals surface area (Å²) in [5.41, 5.74) is 2.75. The van der Waals surface area contributed by atoms with E-state index in [9.17, 15) is 9.59 Å². The monoisotopic (exact) mass is 640 g/mol. The second kappa shape index (κ2) is 13.1. The third-order valence-corrected chi connectivity index (χ3v) is 8.84. The molecule has 1 fully saturated rings. The van der Waals surface area contributed by atoms with Gasteiger partial charge in [-0.2, -0.15) is 0 Å². The van der Waals surface area contributed by atoms with Crippen molar-refractivity contribution in [3.05, 3.63) is 86.7 Å². The van der Waals surface area contributed by atoms with Crippen molar-refractivity contribution in [2.45, 2.75) is 4.90 Å². The standard InChI is InChI=1S/C30H30BrClN4O3S/c1-39-26-10-9-21(17-24(26)31)18-28-30(38)36(25-7-2-3-8-27(25)40-28)20-29(37)33-11-12-34-13-15-35(16-14-34)23-6-4-5-22(32)19-23/h2-10,17-19H,11-16,20H2,1H3,(H,33,37)/b28-18+. The average molecular weight is 642 g/mol. The van der Waals surface area contributed by atoms with Crippen molar-refractivity contribution >= 4 is 68.6 Å². The summed E-state index contributed by atoms with van der Waals surface area (Å²) < 4.78 is 6.12. The van der Waals surface area contributed by atoms with Crippen LogP contribution in [0.15, 0.2) is 81.0 Å². The number of amides is 2. The van der Waals surface area contributed by atoms with Crippen molar-refractivity contribution in [2.24, 2.45) is 0 Å². The Morgan fingerprint density at radius 3 is 2.62 bits per heavy atom. The summed E-state index contributed by atoms with van der Waals surface area (Å²) in [7, 11) is 1.61. The van der Waals surface area contributed by atoms with Gasteiger partial charge in [-0.3, -0.25) is 19.4 Å². The van der Waals surface area contributed by atoms with Crippen molar-refractivity contribution in [3.63, 3.8) is 0 Å². The number of piperazine rings is 1. The molecule has 0 aromatic heterocycles. The number of carbonyl (C=O) groups is 2. The number of fused-ring (bicyclic) bond motifs is 1. The summed E-state index contributed by atoms with van der Waals surface area (Å²) in [6.07, 6.45) is 1.85. The van der Waals surface area contributed by atoms with E-state index in [1.54, 1.807) is 12.0 Å². The van der Waals surface area contributed by atoms with Gasteiger partial charge in [-0.15, -0.1) is 0 Å². The molecule has 5 rings (SSSR count). The van der Waals surface area contributed by atoms with E-state index in [0.717, 1.165) is 69.8 Å². The van der Waals surface area contributed by atoms with Crippen molar-refractivity contribution in [3.8, 4) is 5.75 Å². The molecule has 0 radical (unpaired) electrons. The van der Waals surface area contributed by atoms with Crippen LogP contribution in [-0.2, 0) is 9.59 Å². The third kappa shape index (κ3) is 6.83. The Labute approximate surface area is 252 Å². The fourth-order valence-corrected chi connectivity index (χ4v) is 6.60. The van der Waals surface area contributed by atoms with Crippen LogP contribution >= 0.6 is 39.3 Å². The van der Waals surface area contributed by atoms with Gasteiger partial charge in [0.1, 0.15) is 12.3 Å². The SMILES string of the molecule is COc1ccc(/C=C2/Sc3ccccc3N(CC(=O)NCCN3CCN(c4cccc(Cl)c4)CC3)C2=O)cc1Br. The number of nitrogens with zero attached hydrogens (tertiary/aromatic N) is 3. The zero-order valence-electron chi connectivity index (χ0n) is 22.1. The second-order valence-electron chi connectivity index (χ2n) is 9.52. The molecule has 0 saturated carbocycles. The van der Waals surface area contributed by atoms with E-state index in [0.29, 0.717) is 11.4 Å². The Balaban J connectivity index is 1.18. The number of benzene rings is 3. The van der Waals surface area contributed by atoms with Crippen LogP contribution in [-0.4, -0.2) is 69.6 Å². The van der Waals surface area contributed by atoms with E-state index in [1.807, 2.05) is 66.7 Å². The minimum absolute atomic E-state index is 0.0391. The van der Waals surface area contributed by atoms with Crippen LogP contribution < -0.4 is 19.9 Å². The molecule has 0 spiro atoms. The number of carbonyl (C=O) groups excluding carboxylic acids is 2. The summed E-state index contributed by atoms with van der Waals surface area (Å²) in [6, 6.07) is 21.3. The fraction of sp³-hybridized carbons (Fsp3) is 0.267. The van der Waals surface area contributed by atoms with Crippen LogP contribution in [0.25, 0.3) is 6.08 Å². The summed E-state index contributed by atoms with van der Waals surface area (Å²) in [6.45, 7) is 4.88. The molecule has 2 amide bonds. The third-order valence-electron chi connectivity index (χ3n) is 6.90. The number of anilines is 2. The summed E-state index contributed by atoms with van der Waals surface area (Å²) in [5, 5.41) is 3.75. The quantitative estimate of drug-likeness (QED) is 0.327. The van der Waals surface area contributed by atoms with Crippen LogP contribution in [0.4, 0.5) is 11.4 Å². The van der Waals surface area contributed by atoms with Gasteiger partial charge in [0.25, 0.3) is 5.91 Å². The lowest BCUT2D eigenvalue weighted by atomic mass is 10.2. The molecule has 1 N–H and O–H groups in total. The number of halogens is 2. The summed E-state index contributed by atoms with van der Waals surface area (Å²) in [4.78, 5) is 34.2. The highest BCUT2D eigenvalue weighted by molar-refractivity contribution is 9.10. The van der Waals surface area contributed by atoms with Gasteiger partial charge >= 0.3 is 0 Å². The van der Waals surface area contributed by atoms with Crippen LogP contribution in [0.3, 0.4) is 0 Å². The Hall–Kier alpha value is -2.98. The maximum absolute atomic E-state index is 13.5. The first-order chi connectivity index (χ1) is 19.4. The molecular formula is C30H30BrClN4O3S. The molecule has 0 atom stereocenters. The molecular weight excluding hydrogens is 612 g/mol. The number of nitrogens with one attached hydrogen (secondary N) is 1. The number of hydrogen-bond donors (Lipinski definition) is 1. The first-order valence-corrected chi connectivity index (χ1v) is 15.0. The minimum atomic E-state index is -0.192. The van der Waals surface area contributed by atoms with Crippen LogP contribution in [0.2, 0.25) is 5.02 Å². The van der Waals surface area contributed by atoms with E-state index in [1.165, 1.54) is 11.8 Å². The largest absolute Gasteiger partial charge is 0.496 e. The smallest absolute Gasteiger partial charge is 0.265 e. The Morgan fingerprint density at radius 2 is 1.88 bits per heavy atom. The van der Waals surface area contributed by atoms with Crippen molar-refractivity contribution < 1.29 is 14.3 Å². The maximum atomic E-state index is 13.5. The maximum Gasteiger partial charge on any atom is 0.265 e. The van der Waals surface area contributed by atoms with Gasteiger partial charge < -0.3 is 15.0 Å². The van der Waals surface area contributed by atoms with E-state index in [4.69, 9.17) is 16.3 Å². The van der Waals surface area contributed by atoms with Gasteiger partial charge in [0.05, 0.1) is 22.2 Å². The topological polar surface area (TPSA) is 65.1 Å². The van der Waals surface area contributed by atoms with Crippen molar-refractivity contribution in [1.29, 1.82) is 0 Å². The van der Waals surface area contributed by atoms with Gasteiger partial charge in [-0.25, -0.2) is 0 Å². The molecule has 208 valence electrons. The average Bonchev–Trinajstić information content (AvgIpc) is 2.96. The first kappa shape index (κ1) is 28.5. The summed E-state index contributed by atoms with van der Waals surface area (Å²) >= 11 is 11.1. The van der Waals surface area contributed by atoms with Gasteiger partial charge in [0.15, 0.2) is 0 Å². The van der Waals surface area contributed by atoms with E-state index in [2.05, 4.69) is 37.1 Å². The van der Waals surface area contributed by atoms with Gasteiger partial charge in [-0.1, -0.05) is 47.6 Å². The number of rotatable bonds is 8. The Kier molecular flexibility index (Phi) is 9.36. The molecule has 0 bridgehead atoms. The number of methoxy groups -OCH3 is 1. The predicted octanol–water partition coefficient (Wildman–Crippen LogP) is 5.53. The molecule has 0 aliphatic carbocycles. The van der Waals surface area contributed by atoms with Gasteiger partial charge in [0, 0.05) is 54.9 Å². The lowest BCUT2D eigenvalue weighted by Gasteiger charge is -2.36. The lowest BCUT2D eigenvalue weighted by molar-refractivity contribution is -0.122. The minimum Gasteiger partial charge on any atom is -0.496 e. The molecule has 3 aromatic rings. The molecule has 1 saturated heterocycles. The zero-order chi connectivity index (χ0) is 28.1. The van der Waals surface area contributed by atoms with E-state index < -0.39 is 0 Å². The molecule has 2 aliphatic rings. The highest BCUT2D eigenvalue weighted by Crippen LogP contribution is 2.42. The molecule has 3 aromatic carbocycles. The molecule has 40 heavy (non-hydrogen) atoms. The molecule has 0 unspecified atom stereocenters.